The van der Waals surface area contributed by atoms with E-state index in [9.17, 15) is 9.18 Å². The molecule has 0 atom stereocenters. The van der Waals surface area contributed by atoms with Crippen molar-refractivity contribution in [3.8, 4) is 0 Å². The van der Waals surface area contributed by atoms with Crippen LogP contribution >= 0.6 is 15.9 Å². The molecule has 1 amide bonds. The molecule has 0 aliphatic carbocycles. The molecule has 0 saturated heterocycles. The lowest BCUT2D eigenvalue weighted by Gasteiger charge is -1.98. The lowest BCUT2D eigenvalue weighted by molar-refractivity contribution is -0.114. The number of H-pyrrole nitrogens is 1. The van der Waals surface area contributed by atoms with Crippen LogP contribution in [0.1, 0.15) is 0 Å². The van der Waals surface area contributed by atoms with Crippen LogP contribution in [0.2, 0.25) is 0 Å². The molecule has 4 nitrogen and oxygen atoms in total. The van der Waals surface area contributed by atoms with Crippen molar-refractivity contribution in [2.45, 2.75) is 0 Å². The molecule has 0 aliphatic rings. The van der Waals surface area contributed by atoms with Crippen LogP contribution < -0.4 is 5.32 Å². The molecule has 64 valence electrons. The van der Waals surface area contributed by atoms with Crippen LogP contribution in [0.15, 0.2) is 23.2 Å². The van der Waals surface area contributed by atoms with Gasteiger partial charge in [-0.05, 0) is 15.9 Å². The van der Waals surface area contributed by atoms with Gasteiger partial charge in [0.1, 0.15) is 4.60 Å². The third kappa shape index (κ3) is 1.91. The zero-order chi connectivity index (χ0) is 9.14. The highest BCUT2D eigenvalue weighted by Crippen LogP contribution is 2.18. The largest absolute Gasteiger partial charge is 0.316 e. The number of hydrogen-bond donors (Lipinski definition) is 2. The van der Waals surface area contributed by atoms with E-state index < -0.39 is 11.7 Å². The molecule has 1 aromatic rings. The standard InChI is InChI=1S/C6H5BrFN3O/c1-3(8)6(12)10-4-2-9-11-5(4)7/h2H,1H2,(H,9,11)(H,10,12). The molecule has 0 bridgehead atoms. The number of aromatic amines is 1. The molecule has 0 unspecified atom stereocenters. The van der Waals surface area contributed by atoms with Gasteiger partial charge in [-0.1, -0.05) is 6.58 Å². The summed E-state index contributed by atoms with van der Waals surface area (Å²) in [7, 11) is 0. The predicted octanol–water partition coefficient (Wildman–Crippen LogP) is 1.59. The average molecular weight is 234 g/mol. The molecule has 1 heterocycles. The summed E-state index contributed by atoms with van der Waals surface area (Å²) in [5.74, 6) is -1.92. The van der Waals surface area contributed by atoms with Gasteiger partial charge in [-0.15, -0.1) is 0 Å². The molecule has 0 aliphatic heterocycles. The summed E-state index contributed by atoms with van der Waals surface area (Å²) in [6.07, 6.45) is 1.35. The third-order valence-corrected chi connectivity index (χ3v) is 1.69. The first kappa shape index (κ1) is 8.92. The lowest BCUT2D eigenvalue weighted by Crippen LogP contribution is -2.10. The SMILES string of the molecule is C=C(F)C(=O)Nc1cn[nH]c1Br. The van der Waals surface area contributed by atoms with Crippen LogP contribution in [0.4, 0.5) is 10.1 Å². The first-order valence-electron chi connectivity index (χ1n) is 2.96. The smallest absolute Gasteiger partial charge is 0.283 e. The number of rotatable bonds is 2. The molecule has 1 aromatic heterocycles. The lowest BCUT2D eigenvalue weighted by atomic mass is 10.5. The summed E-state index contributed by atoms with van der Waals surface area (Å²) in [5, 5.41) is 8.34. The van der Waals surface area contributed by atoms with Gasteiger partial charge in [0.05, 0.1) is 11.9 Å². The third-order valence-electron chi connectivity index (χ3n) is 1.09. The molecule has 0 fully saturated rings. The molecular formula is C6H5BrFN3O. The second-order valence-corrected chi connectivity index (χ2v) is 2.75. The minimum atomic E-state index is -1.04. The summed E-state index contributed by atoms with van der Waals surface area (Å²) >= 11 is 3.06. The monoisotopic (exact) mass is 233 g/mol. The number of hydrogen-bond acceptors (Lipinski definition) is 2. The molecule has 12 heavy (non-hydrogen) atoms. The Labute approximate surface area is 76.0 Å². The maximum Gasteiger partial charge on any atom is 0.283 e. The number of nitrogens with one attached hydrogen (secondary N) is 2. The molecule has 0 radical (unpaired) electrons. The van der Waals surface area contributed by atoms with E-state index >= 15 is 0 Å². The summed E-state index contributed by atoms with van der Waals surface area (Å²) in [4.78, 5) is 10.7. The van der Waals surface area contributed by atoms with Crippen LogP contribution in [0.25, 0.3) is 0 Å². The van der Waals surface area contributed by atoms with Crippen molar-refractivity contribution in [2.24, 2.45) is 0 Å². The molecular weight excluding hydrogens is 229 g/mol. The first-order valence-corrected chi connectivity index (χ1v) is 3.75. The van der Waals surface area contributed by atoms with Crippen LogP contribution in [0.5, 0.6) is 0 Å². The van der Waals surface area contributed by atoms with Crippen LogP contribution in [0, 0.1) is 0 Å². The Hall–Kier alpha value is -1.17. The van der Waals surface area contributed by atoms with Crippen LogP contribution in [-0.4, -0.2) is 16.1 Å². The number of aromatic nitrogens is 2. The highest BCUT2D eigenvalue weighted by Gasteiger charge is 2.09. The predicted molar refractivity (Wildman–Crippen MR) is 45.2 cm³/mol. The van der Waals surface area contributed by atoms with Gasteiger partial charge in [0.25, 0.3) is 5.91 Å². The van der Waals surface area contributed by atoms with Gasteiger partial charge in [-0.3, -0.25) is 9.89 Å². The van der Waals surface area contributed by atoms with Crippen molar-refractivity contribution in [1.82, 2.24) is 10.2 Å². The summed E-state index contributed by atoms with van der Waals surface area (Å²) < 4.78 is 12.6. The van der Waals surface area contributed by atoms with Crippen molar-refractivity contribution in [3.05, 3.63) is 23.2 Å². The minimum absolute atomic E-state index is 0.374. The first-order chi connectivity index (χ1) is 5.61. The fourth-order valence-corrected chi connectivity index (χ4v) is 0.852. The van der Waals surface area contributed by atoms with Gasteiger partial charge < -0.3 is 5.32 Å². The zero-order valence-electron chi connectivity index (χ0n) is 5.90. The molecule has 2 N–H and O–H groups in total. The van der Waals surface area contributed by atoms with Crippen molar-refractivity contribution < 1.29 is 9.18 Å². The van der Waals surface area contributed by atoms with Crippen molar-refractivity contribution in [2.75, 3.05) is 5.32 Å². The molecule has 0 spiro atoms. The molecule has 0 saturated carbocycles. The van der Waals surface area contributed by atoms with E-state index in [2.05, 4.69) is 38.0 Å². The number of anilines is 1. The fourth-order valence-electron chi connectivity index (χ4n) is 0.548. The zero-order valence-corrected chi connectivity index (χ0v) is 7.48. The van der Waals surface area contributed by atoms with E-state index in [4.69, 9.17) is 0 Å². The van der Waals surface area contributed by atoms with Crippen LogP contribution in [-0.2, 0) is 4.79 Å². The van der Waals surface area contributed by atoms with Crippen molar-refractivity contribution in [3.63, 3.8) is 0 Å². The Morgan fingerprint density at radius 2 is 2.50 bits per heavy atom. The minimum Gasteiger partial charge on any atom is -0.316 e. The van der Waals surface area contributed by atoms with Crippen LogP contribution in [0.3, 0.4) is 0 Å². The molecule has 0 aromatic carbocycles. The number of halogens is 2. The number of nitrogens with zero attached hydrogens (tertiary/aromatic N) is 1. The van der Waals surface area contributed by atoms with Gasteiger partial charge >= 0.3 is 0 Å². The van der Waals surface area contributed by atoms with Gasteiger partial charge in [0.15, 0.2) is 5.83 Å². The highest BCUT2D eigenvalue weighted by molar-refractivity contribution is 9.10. The Bertz CT molecular complexity index is 322. The molecule has 1 rings (SSSR count). The van der Waals surface area contributed by atoms with Gasteiger partial charge in [0.2, 0.25) is 0 Å². The summed E-state index contributed by atoms with van der Waals surface area (Å²) in [6.45, 7) is 2.84. The normalized spacial score (nSPS) is 9.50. The number of carbonyl (C=O) groups excluding carboxylic acids is 1. The summed E-state index contributed by atoms with van der Waals surface area (Å²) in [5.41, 5.74) is 0.374. The highest BCUT2D eigenvalue weighted by atomic mass is 79.9. The second kappa shape index (κ2) is 3.48. The maximum absolute atomic E-state index is 12.2. The fraction of sp³-hybridized carbons (Fsp3) is 0. The van der Waals surface area contributed by atoms with Gasteiger partial charge in [0, 0.05) is 0 Å². The van der Waals surface area contributed by atoms with Crippen molar-refractivity contribution in [1.29, 1.82) is 0 Å². The second-order valence-electron chi connectivity index (χ2n) is 1.96. The Morgan fingerprint density at radius 1 is 1.83 bits per heavy atom. The van der Waals surface area contributed by atoms with Gasteiger partial charge in [-0.2, -0.15) is 5.10 Å². The molecule has 6 heteroatoms. The quantitative estimate of drug-likeness (QED) is 0.763. The topological polar surface area (TPSA) is 57.8 Å². The average Bonchev–Trinajstić information content (AvgIpc) is 2.36. The van der Waals surface area contributed by atoms with E-state index in [1.807, 2.05) is 0 Å². The summed E-state index contributed by atoms with van der Waals surface area (Å²) in [6, 6.07) is 0. The van der Waals surface area contributed by atoms with Crippen molar-refractivity contribution >= 4 is 27.5 Å². The van der Waals surface area contributed by atoms with E-state index in [1.54, 1.807) is 0 Å². The number of carbonyl (C=O) groups is 1. The van der Waals surface area contributed by atoms with Gasteiger partial charge in [-0.25, -0.2) is 4.39 Å². The number of amides is 1. The Morgan fingerprint density at radius 3 is 2.92 bits per heavy atom. The maximum atomic E-state index is 12.2. The van der Waals surface area contributed by atoms with E-state index in [1.165, 1.54) is 6.20 Å². The Balaban J connectivity index is 2.71. The van der Waals surface area contributed by atoms with E-state index in [-0.39, 0.29) is 0 Å². The van der Waals surface area contributed by atoms with E-state index in [0.29, 0.717) is 10.3 Å². The van der Waals surface area contributed by atoms with E-state index in [0.717, 1.165) is 0 Å². The Kier molecular flexibility index (Phi) is 2.59.